The Morgan fingerprint density at radius 1 is 1.03 bits per heavy atom. The summed E-state index contributed by atoms with van der Waals surface area (Å²) in [5.74, 6) is 0.646. The van der Waals surface area contributed by atoms with E-state index >= 15 is 0 Å². The van der Waals surface area contributed by atoms with E-state index in [1.165, 1.54) is 11.3 Å². The average molecular weight is 461 g/mol. The van der Waals surface area contributed by atoms with Gasteiger partial charge in [0.1, 0.15) is 18.2 Å². The van der Waals surface area contributed by atoms with Crippen molar-refractivity contribution in [2.24, 2.45) is 11.5 Å². The van der Waals surface area contributed by atoms with Gasteiger partial charge in [0.15, 0.2) is 6.10 Å². The van der Waals surface area contributed by atoms with Crippen molar-refractivity contribution in [2.45, 2.75) is 12.6 Å². The minimum atomic E-state index is -0.576. The van der Waals surface area contributed by atoms with Crippen LogP contribution in [-0.2, 0) is 11.3 Å². The molecule has 1 amide bonds. The fourth-order valence-electron chi connectivity index (χ4n) is 3.32. The van der Waals surface area contributed by atoms with Crippen molar-refractivity contribution in [3.05, 3.63) is 94.9 Å². The lowest BCUT2D eigenvalue weighted by atomic mass is 10.1. The zero-order valence-electron chi connectivity index (χ0n) is 17.8. The lowest BCUT2D eigenvalue weighted by molar-refractivity contribution is 0.0910. The molecule has 0 saturated heterocycles. The molecule has 4 rings (SSSR count). The molecular weight excluding hydrogens is 436 g/mol. The molecule has 1 aromatic heterocycles. The number of thiophene rings is 1. The van der Waals surface area contributed by atoms with Crippen molar-refractivity contribution >= 4 is 39.0 Å². The number of nitrogens with two attached hydrogens (primary N) is 2. The van der Waals surface area contributed by atoms with Crippen LogP contribution in [0.3, 0.4) is 0 Å². The molecule has 3 aromatic carbocycles. The van der Waals surface area contributed by atoms with Crippen LogP contribution >= 0.6 is 11.3 Å². The van der Waals surface area contributed by atoms with Crippen LogP contribution in [0.15, 0.2) is 78.9 Å². The first-order valence-corrected chi connectivity index (χ1v) is 11.2. The van der Waals surface area contributed by atoms with Crippen molar-refractivity contribution in [1.29, 1.82) is 5.41 Å². The number of amidine groups is 1. The molecule has 168 valence electrons. The summed E-state index contributed by atoms with van der Waals surface area (Å²) in [4.78, 5) is 13.1. The van der Waals surface area contributed by atoms with Crippen LogP contribution in [0.1, 0.15) is 22.1 Å². The monoisotopic (exact) mass is 460 g/mol. The summed E-state index contributed by atoms with van der Waals surface area (Å²) in [6.45, 7) is 0.447. The van der Waals surface area contributed by atoms with Gasteiger partial charge in [0.05, 0.1) is 4.88 Å². The summed E-state index contributed by atoms with van der Waals surface area (Å²) in [5, 5.41) is 11.3. The van der Waals surface area contributed by atoms with Crippen LogP contribution in [-0.4, -0.2) is 18.5 Å². The maximum Gasteiger partial charge on any atom is 0.411 e. The summed E-state index contributed by atoms with van der Waals surface area (Å²) in [6.07, 6.45) is -1.10. The highest BCUT2D eigenvalue weighted by Gasteiger charge is 2.19. The number of carbonyl (C=O) groups is 1. The van der Waals surface area contributed by atoms with E-state index in [0.717, 1.165) is 21.2 Å². The largest absolute Gasteiger partial charge is 0.481 e. The Hall–Kier alpha value is -3.88. The molecule has 0 spiro atoms. The fourth-order valence-corrected chi connectivity index (χ4v) is 4.26. The molecule has 0 aliphatic heterocycles. The number of hydrogen-bond donors (Lipinski definition) is 4. The number of fused-ring (bicyclic) bond motifs is 1. The van der Waals surface area contributed by atoms with Crippen LogP contribution in [0, 0.1) is 5.41 Å². The van der Waals surface area contributed by atoms with E-state index in [1.807, 2.05) is 66.7 Å². The van der Waals surface area contributed by atoms with Gasteiger partial charge >= 0.3 is 6.09 Å². The molecule has 1 heterocycles. The Bertz CT molecular complexity index is 1260. The van der Waals surface area contributed by atoms with Crippen molar-refractivity contribution < 1.29 is 14.3 Å². The Balaban J connectivity index is 1.51. The molecule has 8 heteroatoms. The number of amides is 1. The normalized spacial score (nSPS) is 11.7. The Morgan fingerprint density at radius 2 is 1.79 bits per heavy atom. The molecule has 0 bridgehead atoms. The highest BCUT2D eigenvalue weighted by atomic mass is 32.1. The SMILES string of the molecule is N=C(N)c1cc2c(OC(COC(=O)Nc3ccc(CN)cc3)c3ccccc3)cccc2s1. The van der Waals surface area contributed by atoms with Gasteiger partial charge in [-0.2, -0.15) is 0 Å². The van der Waals surface area contributed by atoms with Gasteiger partial charge in [0.25, 0.3) is 0 Å². The Labute approximate surface area is 195 Å². The van der Waals surface area contributed by atoms with Gasteiger partial charge in [-0.15, -0.1) is 11.3 Å². The van der Waals surface area contributed by atoms with E-state index in [4.69, 9.17) is 26.4 Å². The molecule has 0 fully saturated rings. The predicted molar refractivity (Wildman–Crippen MR) is 132 cm³/mol. The zero-order valence-corrected chi connectivity index (χ0v) is 18.6. The van der Waals surface area contributed by atoms with Gasteiger partial charge in [-0.1, -0.05) is 48.5 Å². The molecule has 0 aliphatic rings. The van der Waals surface area contributed by atoms with Crippen LogP contribution in [0.4, 0.5) is 10.5 Å². The second-order valence-corrected chi connectivity index (χ2v) is 8.42. The number of carbonyl (C=O) groups excluding carboxylic acids is 1. The van der Waals surface area contributed by atoms with Gasteiger partial charge in [-0.05, 0) is 41.5 Å². The van der Waals surface area contributed by atoms with Gasteiger partial charge in [-0.25, -0.2) is 4.79 Å². The number of benzene rings is 3. The lowest BCUT2D eigenvalue weighted by Gasteiger charge is -2.20. The molecule has 7 nitrogen and oxygen atoms in total. The molecule has 0 aliphatic carbocycles. The summed E-state index contributed by atoms with van der Waals surface area (Å²) in [5.41, 5.74) is 13.7. The molecule has 1 atom stereocenters. The fraction of sp³-hybridized carbons (Fsp3) is 0.120. The predicted octanol–water partition coefficient (Wildman–Crippen LogP) is 5.01. The van der Waals surface area contributed by atoms with Crippen LogP contribution < -0.4 is 21.5 Å². The summed E-state index contributed by atoms with van der Waals surface area (Å²) < 4.78 is 12.8. The summed E-state index contributed by atoms with van der Waals surface area (Å²) in [7, 11) is 0. The quantitative estimate of drug-likeness (QED) is 0.217. The smallest absolute Gasteiger partial charge is 0.411 e. The third-order valence-corrected chi connectivity index (χ3v) is 6.16. The number of nitrogen functional groups attached to an aromatic ring is 1. The van der Waals surface area contributed by atoms with Crippen LogP contribution in [0.5, 0.6) is 5.75 Å². The molecular formula is C25H24N4O3S. The molecule has 33 heavy (non-hydrogen) atoms. The third kappa shape index (κ3) is 5.49. The molecule has 0 saturated carbocycles. The highest BCUT2D eigenvalue weighted by molar-refractivity contribution is 7.20. The van der Waals surface area contributed by atoms with E-state index in [2.05, 4.69) is 5.32 Å². The van der Waals surface area contributed by atoms with Gasteiger partial charge in [-0.3, -0.25) is 10.7 Å². The van der Waals surface area contributed by atoms with E-state index in [-0.39, 0.29) is 12.4 Å². The van der Waals surface area contributed by atoms with Crippen molar-refractivity contribution in [2.75, 3.05) is 11.9 Å². The van der Waals surface area contributed by atoms with Crippen molar-refractivity contribution in [1.82, 2.24) is 0 Å². The zero-order chi connectivity index (χ0) is 23.2. The first-order chi connectivity index (χ1) is 16.0. The number of anilines is 1. The standard InChI is InChI=1S/C25H24N4O3S/c26-14-16-9-11-18(12-10-16)29-25(30)31-15-21(17-5-2-1-3-6-17)32-20-7-4-8-22-19(20)13-23(33-22)24(27)28/h1-13,21H,14-15,26H2,(H3,27,28)(H,29,30). The lowest BCUT2D eigenvalue weighted by Crippen LogP contribution is -2.21. The maximum atomic E-state index is 12.4. The first kappa shape index (κ1) is 22.3. The molecule has 0 radical (unpaired) electrons. The number of ether oxygens (including phenoxy) is 2. The van der Waals surface area contributed by atoms with E-state index in [1.54, 1.807) is 12.1 Å². The average Bonchev–Trinajstić information content (AvgIpc) is 3.28. The van der Waals surface area contributed by atoms with E-state index in [0.29, 0.717) is 22.9 Å². The highest BCUT2D eigenvalue weighted by Crippen LogP contribution is 2.35. The molecule has 4 aromatic rings. The summed E-state index contributed by atoms with van der Waals surface area (Å²) in [6, 6.07) is 24.4. The minimum Gasteiger partial charge on any atom is -0.481 e. The van der Waals surface area contributed by atoms with Crippen molar-refractivity contribution in [3.8, 4) is 5.75 Å². The van der Waals surface area contributed by atoms with Crippen LogP contribution in [0.25, 0.3) is 10.1 Å². The number of rotatable bonds is 8. The number of hydrogen-bond acceptors (Lipinski definition) is 6. The van der Waals surface area contributed by atoms with Gasteiger partial charge < -0.3 is 20.9 Å². The third-order valence-electron chi connectivity index (χ3n) is 5.03. The van der Waals surface area contributed by atoms with E-state index < -0.39 is 12.2 Å². The summed E-state index contributed by atoms with van der Waals surface area (Å²) >= 11 is 1.43. The second kappa shape index (κ2) is 10.2. The maximum absolute atomic E-state index is 12.4. The Morgan fingerprint density at radius 3 is 2.48 bits per heavy atom. The Kier molecular flexibility index (Phi) is 6.87. The van der Waals surface area contributed by atoms with Gasteiger partial charge in [0, 0.05) is 22.3 Å². The minimum absolute atomic E-state index is 0.0107. The van der Waals surface area contributed by atoms with Crippen molar-refractivity contribution in [3.63, 3.8) is 0 Å². The number of nitrogens with one attached hydrogen (secondary N) is 2. The van der Waals surface area contributed by atoms with Crippen LogP contribution in [0.2, 0.25) is 0 Å². The molecule has 1 unspecified atom stereocenters. The first-order valence-electron chi connectivity index (χ1n) is 10.3. The topological polar surface area (TPSA) is 123 Å². The van der Waals surface area contributed by atoms with Gasteiger partial charge in [0.2, 0.25) is 0 Å². The van der Waals surface area contributed by atoms with E-state index in [9.17, 15) is 4.79 Å². The second-order valence-electron chi connectivity index (χ2n) is 7.33. The molecule has 6 N–H and O–H groups in total.